The lowest BCUT2D eigenvalue weighted by Crippen LogP contribution is -2.33. The highest BCUT2D eigenvalue weighted by Gasteiger charge is 2.22. The molecule has 1 unspecified atom stereocenters. The zero-order chi connectivity index (χ0) is 16.7. The Labute approximate surface area is 134 Å². The molecular weight excluding hydrogens is 278 g/mol. The third kappa shape index (κ3) is 5.34. The van der Waals surface area contributed by atoms with Crippen LogP contribution in [0.2, 0.25) is 0 Å². The Morgan fingerprint density at radius 2 is 1.91 bits per heavy atom. The quantitative estimate of drug-likeness (QED) is 0.756. The Hall–Kier alpha value is -1.55. The molecule has 1 N–H and O–H groups in total. The van der Waals surface area contributed by atoms with Crippen LogP contribution in [0.1, 0.15) is 51.2 Å². The largest absolute Gasteiger partial charge is 0.479 e. The van der Waals surface area contributed by atoms with Gasteiger partial charge in [0.25, 0.3) is 0 Å². The van der Waals surface area contributed by atoms with Crippen LogP contribution in [-0.2, 0) is 4.79 Å². The molecule has 0 saturated carbocycles. The zero-order valence-electron chi connectivity index (χ0n) is 14.4. The molecule has 0 bridgehead atoms. The second-order valence-corrected chi connectivity index (χ2v) is 5.96. The third-order valence-electron chi connectivity index (χ3n) is 3.94. The molecule has 124 valence electrons. The first-order valence-corrected chi connectivity index (χ1v) is 8.11. The number of hydrogen-bond acceptors (Lipinski definition) is 3. The number of carboxylic acid groups (broad SMARTS) is 1. The van der Waals surface area contributed by atoms with E-state index < -0.39 is 12.1 Å². The van der Waals surface area contributed by atoms with E-state index in [1.807, 2.05) is 25.1 Å². The van der Waals surface area contributed by atoms with Gasteiger partial charge in [0.05, 0.1) is 0 Å². The second-order valence-electron chi connectivity index (χ2n) is 5.96. The molecule has 0 radical (unpaired) electrons. The van der Waals surface area contributed by atoms with Gasteiger partial charge in [0.1, 0.15) is 5.75 Å². The van der Waals surface area contributed by atoms with Gasteiger partial charge in [-0.15, -0.1) is 0 Å². The molecule has 1 aromatic carbocycles. The highest BCUT2D eigenvalue weighted by atomic mass is 16.5. The van der Waals surface area contributed by atoms with Crippen LogP contribution in [0.4, 0.5) is 0 Å². The number of aryl methyl sites for hydroxylation is 1. The van der Waals surface area contributed by atoms with Crippen molar-refractivity contribution >= 4 is 5.97 Å². The van der Waals surface area contributed by atoms with E-state index in [1.54, 1.807) is 0 Å². The molecular formula is C18H29NO3. The summed E-state index contributed by atoms with van der Waals surface area (Å²) in [6, 6.07) is 6.00. The van der Waals surface area contributed by atoms with Gasteiger partial charge < -0.3 is 14.7 Å². The number of aliphatic carboxylic acids is 1. The van der Waals surface area contributed by atoms with E-state index in [0.717, 1.165) is 30.8 Å². The SMILES string of the molecule is CCN(CC)CCC(Oc1cc(C)ccc1C(C)C)C(=O)O. The molecule has 0 saturated heterocycles. The van der Waals surface area contributed by atoms with Crippen molar-refractivity contribution in [3.8, 4) is 5.75 Å². The van der Waals surface area contributed by atoms with Crippen molar-refractivity contribution in [2.45, 2.75) is 53.1 Å². The predicted octanol–water partition coefficient (Wildman–Crippen LogP) is 3.68. The molecule has 0 aromatic heterocycles. The number of rotatable bonds is 9. The Balaban J connectivity index is 2.87. The van der Waals surface area contributed by atoms with Gasteiger partial charge in [-0.25, -0.2) is 4.79 Å². The Morgan fingerprint density at radius 1 is 1.27 bits per heavy atom. The molecule has 4 heteroatoms. The summed E-state index contributed by atoms with van der Waals surface area (Å²) in [4.78, 5) is 13.7. The molecule has 0 aliphatic carbocycles. The second kappa shape index (κ2) is 8.79. The van der Waals surface area contributed by atoms with E-state index >= 15 is 0 Å². The van der Waals surface area contributed by atoms with E-state index in [4.69, 9.17) is 4.74 Å². The van der Waals surface area contributed by atoms with Gasteiger partial charge in [0.2, 0.25) is 0 Å². The molecule has 22 heavy (non-hydrogen) atoms. The fourth-order valence-corrected chi connectivity index (χ4v) is 2.45. The van der Waals surface area contributed by atoms with Gasteiger partial charge in [-0.1, -0.05) is 39.8 Å². The molecule has 1 rings (SSSR count). The maximum absolute atomic E-state index is 11.5. The number of benzene rings is 1. The van der Waals surface area contributed by atoms with Crippen molar-refractivity contribution in [3.63, 3.8) is 0 Å². The Morgan fingerprint density at radius 3 is 2.41 bits per heavy atom. The first kappa shape index (κ1) is 18.5. The lowest BCUT2D eigenvalue weighted by Gasteiger charge is -2.23. The number of carboxylic acids is 1. The molecule has 1 aromatic rings. The predicted molar refractivity (Wildman–Crippen MR) is 89.7 cm³/mol. The fraction of sp³-hybridized carbons (Fsp3) is 0.611. The zero-order valence-corrected chi connectivity index (χ0v) is 14.4. The lowest BCUT2D eigenvalue weighted by molar-refractivity contribution is -0.145. The van der Waals surface area contributed by atoms with Gasteiger partial charge in [-0.05, 0) is 43.1 Å². The monoisotopic (exact) mass is 307 g/mol. The van der Waals surface area contributed by atoms with Crippen molar-refractivity contribution in [1.29, 1.82) is 0 Å². The highest BCUT2D eigenvalue weighted by Crippen LogP contribution is 2.28. The van der Waals surface area contributed by atoms with Gasteiger partial charge in [-0.2, -0.15) is 0 Å². The van der Waals surface area contributed by atoms with Crippen molar-refractivity contribution in [2.24, 2.45) is 0 Å². The first-order valence-electron chi connectivity index (χ1n) is 8.11. The number of nitrogens with zero attached hydrogens (tertiary/aromatic N) is 1. The molecule has 0 aliphatic rings. The smallest absolute Gasteiger partial charge is 0.344 e. The van der Waals surface area contributed by atoms with E-state index in [1.165, 1.54) is 0 Å². The minimum absolute atomic E-state index is 0.299. The molecule has 0 amide bonds. The number of carbonyl (C=O) groups is 1. The average molecular weight is 307 g/mol. The van der Waals surface area contributed by atoms with Crippen molar-refractivity contribution < 1.29 is 14.6 Å². The minimum atomic E-state index is -0.900. The summed E-state index contributed by atoms with van der Waals surface area (Å²) in [5.74, 6) is 0.0955. The first-order chi connectivity index (χ1) is 10.4. The van der Waals surface area contributed by atoms with Crippen molar-refractivity contribution in [3.05, 3.63) is 29.3 Å². The molecule has 0 aliphatic heterocycles. The fourth-order valence-electron chi connectivity index (χ4n) is 2.45. The van der Waals surface area contributed by atoms with Crippen LogP contribution in [-0.4, -0.2) is 41.7 Å². The maximum Gasteiger partial charge on any atom is 0.344 e. The minimum Gasteiger partial charge on any atom is -0.479 e. The maximum atomic E-state index is 11.5. The van der Waals surface area contributed by atoms with Crippen LogP contribution < -0.4 is 4.74 Å². The molecule has 1 atom stereocenters. The molecule has 0 fully saturated rings. The highest BCUT2D eigenvalue weighted by molar-refractivity contribution is 5.72. The molecule has 0 heterocycles. The number of ether oxygens (including phenoxy) is 1. The van der Waals surface area contributed by atoms with Crippen LogP contribution >= 0.6 is 0 Å². The molecule has 0 spiro atoms. The summed E-state index contributed by atoms with van der Waals surface area (Å²) in [5.41, 5.74) is 2.13. The normalized spacial score (nSPS) is 12.7. The van der Waals surface area contributed by atoms with Gasteiger partial charge in [0.15, 0.2) is 6.10 Å². The Kier molecular flexibility index (Phi) is 7.39. The van der Waals surface area contributed by atoms with Gasteiger partial charge in [-0.3, -0.25) is 0 Å². The standard InChI is InChI=1S/C18H29NO3/c1-6-19(7-2)11-10-16(18(20)21)22-17-12-14(5)8-9-15(17)13(3)4/h8-9,12-13,16H,6-7,10-11H2,1-5H3,(H,20,21). The van der Waals surface area contributed by atoms with E-state index in [0.29, 0.717) is 18.1 Å². The summed E-state index contributed by atoms with van der Waals surface area (Å²) in [6.45, 7) is 12.9. The summed E-state index contributed by atoms with van der Waals surface area (Å²) in [7, 11) is 0. The van der Waals surface area contributed by atoms with E-state index in [2.05, 4.69) is 32.6 Å². The number of hydrogen-bond donors (Lipinski definition) is 1. The summed E-state index contributed by atoms with van der Waals surface area (Å²) < 4.78 is 5.86. The van der Waals surface area contributed by atoms with Gasteiger partial charge in [0, 0.05) is 13.0 Å². The van der Waals surface area contributed by atoms with Crippen molar-refractivity contribution in [1.82, 2.24) is 4.90 Å². The van der Waals surface area contributed by atoms with Crippen molar-refractivity contribution in [2.75, 3.05) is 19.6 Å². The topological polar surface area (TPSA) is 49.8 Å². The van der Waals surface area contributed by atoms with E-state index in [9.17, 15) is 9.90 Å². The van der Waals surface area contributed by atoms with Crippen LogP contribution in [0, 0.1) is 6.92 Å². The summed E-state index contributed by atoms with van der Waals surface area (Å²) >= 11 is 0. The third-order valence-corrected chi connectivity index (χ3v) is 3.94. The van der Waals surface area contributed by atoms with Crippen LogP contribution in [0.25, 0.3) is 0 Å². The van der Waals surface area contributed by atoms with E-state index in [-0.39, 0.29) is 0 Å². The van der Waals surface area contributed by atoms with Crippen LogP contribution in [0.3, 0.4) is 0 Å². The Bertz CT molecular complexity index is 481. The lowest BCUT2D eigenvalue weighted by atomic mass is 10.0. The van der Waals surface area contributed by atoms with Crippen LogP contribution in [0.5, 0.6) is 5.75 Å². The average Bonchev–Trinajstić information content (AvgIpc) is 2.46. The summed E-state index contributed by atoms with van der Waals surface area (Å²) in [6.07, 6.45) is -0.317. The van der Waals surface area contributed by atoms with Gasteiger partial charge >= 0.3 is 5.97 Å². The van der Waals surface area contributed by atoms with Crippen LogP contribution in [0.15, 0.2) is 18.2 Å². The summed E-state index contributed by atoms with van der Waals surface area (Å²) in [5, 5.41) is 9.45. The molecule has 4 nitrogen and oxygen atoms in total.